The highest BCUT2D eigenvalue weighted by molar-refractivity contribution is 6.06. The molecule has 1 atom stereocenters. The van der Waals surface area contributed by atoms with Gasteiger partial charge >= 0.3 is 0 Å². The standard InChI is InChI=1S/C19H24N4O4/c1-22(16-4-5-17(25)21-18(16)26)19(27)15-10-14(3-2-12(15)11-24)23-8-6-13(20)7-9-23/h2-3,10-11,13,16H,4-9,20H2,1H3,(H,21,25,26). The number of benzene rings is 1. The third-order valence-electron chi connectivity index (χ3n) is 5.30. The first kappa shape index (κ1) is 19.0. The van der Waals surface area contributed by atoms with Crippen LogP contribution in [-0.2, 0) is 9.59 Å². The number of hydrogen-bond acceptors (Lipinski definition) is 6. The van der Waals surface area contributed by atoms with E-state index in [2.05, 4.69) is 10.2 Å². The Labute approximate surface area is 157 Å². The Morgan fingerprint density at radius 3 is 2.59 bits per heavy atom. The van der Waals surface area contributed by atoms with E-state index in [1.807, 2.05) is 6.07 Å². The number of amides is 3. The third kappa shape index (κ3) is 4.00. The monoisotopic (exact) mass is 372 g/mol. The molecule has 3 N–H and O–H groups in total. The molecule has 144 valence electrons. The van der Waals surface area contributed by atoms with E-state index in [1.165, 1.54) is 11.9 Å². The highest BCUT2D eigenvalue weighted by Crippen LogP contribution is 2.24. The van der Waals surface area contributed by atoms with Gasteiger partial charge in [-0.2, -0.15) is 0 Å². The molecule has 1 aromatic rings. The first-order valence-electron chi connectivity index (χ1n) is 9.11. The zero-order valence-electron chi connectivity index (χ0n) is 15.3. The Morgan fingerprint density at radius 2 is 1.96 bits per heavy atom. The maximum Gasteiger partial charge on any atom is 0.255 e. The molecule has 2 fully saturated rings. The molecule has 3 amide bonds. The summed E-state index contributed by atoms with van der Waals surface area (Å²) in [6.07, 6.45) is 2.83. The van der Waals surface area contributed by atoms with Crippen molar-refractivity contribution in [3.63, 3.8) is 0 Å². The van der Waals surface area contributed by atoms with Crippen molar-refractivity contribution >= 4 is 29.7 Å². The maximum atomic E-state index is 13.0. The van der Waals surface area contributed by atoms with E-state index >= 15 is 0 Å². The molecule has 1 unspecified atom stereocenters. The van der Waals surface area contributed by atoms with Crippen molar-refractivity contribution in [1.82, 2.24) is 10.2 Å². The van der Waals surface area contributed by atoms with Gasteiger partial charge in [-0.15, -0.1) is 0 Å². The normalized spacial score (nSPS) is 21.0. The zero-order chi connectivity index (χ0) is 19.6. The van der Waals surface area contributed by atoms with Crippen LogP contribution in [0.4, 0.5) is 5.69 Å². The number of piperidine rings is 2. The molecule has 0 bridgehead atoms. The summed E-state index contributed by atoms with van der Waals surface area (Å²) < 4.78 is 0. The number of nitrogens with one attached hydrogen (secondary N) is 1. The van der Waals surface area contributed by atoms with Gasteiger partial charge in [-0.25, -0.2) is 0 Å². The average Bonchev–Trinajstić information content (AvgIpc) is 2.67. The van der Waals surface area contributed by atoms with E-state index in [1.54, 1.807) is 12.1 Å². The van der Waals surface area contributed by atoms with E-state index in [-0.39, 0.29) is 35.9 Å². The molecular formula is C19H24N4O4. The molecule has 27 heavy (non-hydrogen) atoms. The van der Waals surface area contributed by atoms with E-state index < -0.39 is 17.9 Å². The number of anilines is 1. The number of carbonyl (C=O) groups is 4. The number of likely N-dealkylation sites (N-methyl/N-ethyl adjacent to an activating group) is 1. The SMILES string of the molecule is CN(C(=O)c1cc(N2CCC(N)CC2)ccc1C=O)C1CCC(=O)NC1=O. The molecule has 2 aliphatic heterocycles. The fourth-order valence-electron chi connectivity index (χ4n) is 3.57. The largest absolute Gasteiger partial charge is 0.371 e. The Bertz CT molecular complexity index is 771. The van der Waals surface area contributed by atoms with Crippen LogP contribution < -0.4 is 16.0 Å². The number of imide groups is 1. The lowest BCUT2D eigenvalue weighted by atomic mass is 10.0. The summed E-state index contributed by atoms with van der Waals surface area (Å²) in [5, 5.41) is 2.25. The molecular weight excluding hydrogens is 348 g/mol. The maximum absolute atomic E-state index is 13.0. The van der Waals surface area contributed by atoms with Crippen LogP contribution in [0.5, 0.6) is 0 Å². The van der Waals surface area contributed by atoms with Gasteiger partial charge in [0.05, 0.1) is 5.56 Å². The second-order valence-electron chi connectivity index (χ2n) is 7.10. The Morgan fingerprint density at radius 1 is 1.26 bits per heavy atom. The van der Waals surface area contributed by atoms with Crippen molar-refractivity contribution < 1.29 is 19.2 Å². The van der Waals surface area contributed by atoms with Crippen molar-refractivity contribution in [1.29, 1.82) is 0 Å². The predicted octanol–water partition coefficient (Wildman–Crippen LogP) is 0.304. The van der Waals surface area contributed by atoms with E-state index in [0.29, 0.717) is 6.29 Å². The van der Waals surface area contributed by atoms with Crippen LogP contribution in [0.2, 0.25) is 0 Å². The van der Waals surface area contributed by atoms with Gasteiger partial charge in [-0.05, 0) is 37.5 Å². The van der Waals surface area contributed by atoms with E-state index in [4.69, 9.17) is 5.73 Å². The number of hydrogen-bond donors (Lipinski definition) is 2. The first-order chi connectivity index (χ1) is 12.9. The molecule has 8 heteroatoms. The predicted molar refractivity (Wildman–Crippen MR) is 99.5 cm³/mol. The molecule has 0 saturated carbocycles. The minimum atomic E-state index is -0.730. The second kappa shape index (κ2) is 7.87. The number of aldehydes is 1. The Hall–Kier alpha value is -2.74. The van der Waals surface area contributed by atoms with Gasteiger partial charge in [-0.3, -0.25) is 24.5 Å². The molecule has 0 spiro atoms. The lowest BCUT2D eigenvalue weighted by Crippen LogP contribution is -2.53. The summed E-state index contributed by atoms with van der Waals surface area (Å²) in [5.41, 5.74) is 7.33. The molecule has 2 heterocycles. The molecule has 3 rings (SSSR count). The van der Waals surface area contributed by atoms with Gasteiger partial charge in [0.15, 0.2) is 6.29 Å². The van der Waals surface area contributed by atoms with Gasteiger partial charge in [0.25, 0.3) is 5.91 Å². The van der Waals surface area contributed by atoms with Crippen molar-refractivity contribution in [3.8, 4) is 0 Å². The topological polar surface area (TPSA) is 113 Å². The minimum Gasteiger partial charge on any atom is -0.371 e. The van der Waals surface area contributed by atoms with E-state index in [0.717, 1.165) is 31.6 Å². The lowest BCUT2D eigenvalue weighted by Gasteiger charge is -2.33. The van der Waals surface area contributed by atoms with Gasteiger partial charge in [0.1, 0.15) is 6.04 Å². The Balaban J connectivity index is 1.84. The van der Waals surface area contributed by atoms with Gasteiger partial charge < -0.3 is 15.5 Å². The van der Waals surface area contributed by atoms with Crippen molar-refractivity contribution in [2.45, 2.75) is 37.8 Å². The summed E-state index contributed by atoms with van der Waals surface area (Å²) >= 11 is 0. The molecule has 8 nitrogen and oxygen atoms in total. The summed E-state index contributed by atoms with van der Waals surface area (Å²) in [6, 6.07) is 4.61. The minimum absolute atomic E-state index is 0.183. The molecule has 2 saturated heterocycles. The van der Waals surface area contributed by atoms with Gasteiger partial charge in [0.2, 0.25) is 11.8 Å². The number of nitrogens with zero attached hydrogens (tertiary/aromatic N) is 2. The van der Waals surface area contributed by atoms with Gasteiger partial charge in [0, 0.05) is 43.9 Å². The van der Waals surface area contributed by atoms with Crippen LogP contribution in [0.3, 0.4) is 0 Å². The first-order valence-corrected chi connectivity index (χ1v) is 9.11. The van der Waals surface area contributed by atoms with Crippen LogP contribution in [-0.4, -0.2) is 61.1 Å². The summed E-state index contributed by atoms with van der Waals surface area (Å²) in [7, 11) is 1.52. The van der Waals surface area contributed by atoms with Crippen LogP contribution in [0.25, 0.3) is 0 Å². The van der Waals surface area contributed by atoms with Crippen LogP contribution in [0, 0.1) is 0 Å². The van der Waals surface area contributed by atoms with Gasteiger partial charge in [-0.1, -0.05) is 0 Å². The summed E-state index contributed by atoms with van der Waals surface area (Å²) in [5.74, 6) is -1.24. The lowest BCUT2D eigenvalue weighted by molar-refractivity contribution is -0.136. The molecule has 1 aromatic carbocycles. The molecule has 0 aromatic heterocycles. The molecule has 0 aliphatic carbocycles. The van der Waals surface area contributed by atoms with Crippen molar-refractivity contribution in [2.24, 2.45) is 5.73 Å². The van der Waals surface area contributed by atoms with Crippen LogP contribution >= 0.6 is 0 Å². The highest BCUT2D eigenvalue weighted by atomic mass is 16.2. The zero-order valence-corrected chi connectivity index (χ0v) is 15.3. The average molecular weight is 372 g/mol. The molecule has 0 radical (unpaired) electrons. The van der Waals surface area contributed by atoms with Crippen LogP contribution in [0.15, 0.2) is 18.2 Å². The fraction of sp³-hybridized carbons (Fsp3) is 0.474. The summed E-state index contributed by atoms with van der Waals surface area (Å²) in [6.45, 7) is 1.58. The molecule has 2 aliphatic rings. The highest BCUT2D eigenvalue weighted by Gasteiger charge is 2.33. The fourth-order valence-corrected chi connectivity index (χ4v) is 3.57. The summed E-state index contributed by atoms with van der Waals surface area (Å²) in [4.78, 5) is 51.3. The Kier molecular flexibility index (Phi) is 5.55. The number of carbonyl (C=O) groups excluding carboxylic acids is 4. The smallest absolute Gasteiger partial charge is 0.255 e. The van der Waals surface area contributed by atoms with E-state index in [9.17, 15) is 19.2 Å². The quantitative estimate of drug-likeness (QED) is 0.581. The van der Waals surface area contributed by atoms with Crippen molar-refractivity contribution in [3.05, 3.63) is 29.3 Å². The van der Waals surface area contributed by atoms with Crippen LogP contribution in [0.1, 0.15) is 46.4 Å². The second-order valence-corrected chi connectivity index (χ2v) is 7.10. The number of nitrogens with two attached hydrogens (primary N) is 1. The van der Waals surface area contributed by atoms with Crippen molar-refractivity contribution in [2.75, 3.05) is 25.0 Å². The number of rotatable bonds is 4. The third-order valence-corrected chi connectivity index (χ3v) is 5.30.